The summed E-state index contributed by atoms with van der Waals surface area (Å²) in [6.07, 6.45) is 0. The average molecular weight is 402 g/mol. The van der Waals surface area contributed by atoms with Crippen molar-refractivity contribution in [3.05, 3.63) is 76.9 Å². The van der Waals surface area contributed by atoms with E-state index in [-0.39, 0.29) is 5.91 Å². The third kappa shape index (κ3) is 4.72. The van der Waals surface area contributed by atoms with E-state index in [1.807, 2.05) is 0 Å². The van der Waals surface area contributed by atoms with Crippen LogP contribution in [0.4, 0.5) is 5.69 Å². The van der Waals surface area contributed by atoms with Crippen molar-refractivity contribution in [2.24, 2.45) is 0 Å². The van der Waals surface area contributed by atoms with Crippen molar-refractivity contribution in [1.82, 2.24) is 9.80 Å². The minimum Gasteiger partial charge on any atom is -0.324 e. The van der Waals surface area contributed by atoms with Crippen LogP contribution < -0.4 is 5.32 Å². The minimum atomic E-state index is 0.0764. The molecule has 0 radical (unpaired) electrons. The molecule has 30 heavy (non-hydrogen) atoms. The molecule has 0 saturated carbocycles. The maximum atomic E-state index is 12.6. The number of piperazine rings is 1. The molecule has 0 aromatic heterocycles. The molecule has 1 heterocycles. The maximum absolute atomic E-state index is 12.6. The van der Waals surface area contributed by atoms with Crippen LogP contribution in [-0.4, -0.2) is 48.4 Å². The summed E-state index contributed by atoms with van der Waals surface area (Å²) < 4.78 is 0. The molecule has 4 nitrogen and oxygen atoms in total. The Morgan fingerprint density at radius 3 is 2.23 bits per heavy atom. The SMILES string of the molecule is Cc1cc(C)c(NC(=O)CN2CCN(Cc3cccc4ccccc34)CC2)c(C)c1. The molecular weight excluding hydrogens is 370 g/mol. The first-order chi connectivity index (χ1) is 14.5. The normalized spacial score (nSPS) is 15.4. The predicted molar refractivity (Wildman–Crippen MR) is 125 cm³/mol. The molecular formula is C26H31N3O. The molecule has 1 aliphatic rings. The van der Waals surface area contributed by atoms with E-state index in [0.29, 0.717) is 6.54 Å². The Balaban J connectivity index is 1.31. The fraction of sp³-hybridized carbons (Fsp3) is 0.346. The average Bonchev–Trinajstić information content (AvgIpc) is 2.72. The second kappa shape index (κ2) is 8.99. The number of carbonyl (C=O) groups is 1. The number of benzene rings is 3. The van der Waals surface area contributed by atoms with Gasteiger partial charge < -0.3 is 5.32 Å². The summed E-state index contributed by atoms with van der Waals surface area (Å²) >= 11 is 0. The zero-order valence-electron chi connectivity index (χ0n) is 18.2. The second-order valence-electron chi connectivity index (χ2n) is 8.51. The second-order valence-corrected chi connectivity index (χ2v) is 8.51. The number of nitrogens with zero attached hydrogens (tertiary/aromatic N) is 2. The van der Waals surface area contributed by atoms with Crippen molar-refractivity contribution in [2.45, 2.75) is 27.3 Å². The number of fused-ring (bicyclic) bond motifs is 1. The van der Waals surface area contributed by atoms with Gasteiger partial charge in [-0.15, -0.1) is 0 Å². The number of anilines is 1. The lowest BCUT2D eigenvalue weighted by Gasteiger charge is -2.34. The van der Waals surface area contributed by atoms with Gasteiger partial charge in [0.15, 0.2) is 0 Å². The van der Waals surface area contributed by atoms with E-state index < -0.39 is 0 Å². The first kappa shape index (κ1) is 20.6. The Hall–Kier alpha value is -2.69. The fourth-order valence-electron chi connectivity index (χ4n) is 4.54. The van der Waals surface area contributed by atoms with Crippen molar-refractivity contribution in [3.63, 3.8) is 0 Å². The molecule has 0 aliphatic carbocycles. The van der Waals surface area contributed by atoms with Gasteiger partial charge in [0.25, 0.3) is 0 Å². The smallest absolute Gasteiger partial charge is 0.238 e. The van der Waals surface area contributed by atoms with Crippen LogP contribution in [0.3, 0.4) is 0 Å². The molecule has 1 aliphatic heterocycles. The van der Waals surface area contributed by atoms with Gasteiger partial charge in [-0.1, -0.05) is 60.2 Å². The Morgan fingerprint density at radius 2 is 1.50 bits per heavy atom. The lowest BCUT2D eigenvalue weighted by molar-refractivity contribution is -0.117. The largest absolute Gasteiger partial charge is 0.324 e. The highest BCUT2D eigenvalue weighted by Crippen LogP contribution is 2.22. The van der Waals surface area contributed by atoms with Gasteiger partial charge in [-0.25, -0.2) is 0 Å². The zero-order chi connectivity index (χ0) is 21.1. The van der Waals surface area contributed by atoms with Gasteiger partial charge in [0, 0.05) is 38.4 Å². The van der Waals surface area contributed by atoms with E-state index in [9.17, 15) is 4.79 Å². The van der Waals surface area contributed by atoms with Crippen molar-refractivity contribution in [3.8, 4) is 0 Å². The van der Waals surface area contributed by atoms with Crippen LogP contribution >= 0.6 is 0 Å². The highest BCUT2D eigenvalue weighted by atomic mass is 16.2. The number of aryl methyl sites for hydroxylation is 3. The van der Waals surface area contributed by atoms with Crippen LogP contribution in [0.1, 0.15) is 22.3 Å². The van der Waals surface area contributed by atoms with Crippen LogP contribution in [0.15, 0.2) is 54.6 Å². The summed E-state index contributed by atoms with van der Waals surface area (Å²) in [5, 5.41) is 5.77. The summed E-state index contributed by atoms with van der Waals surface area (Å²) in [7, 11) is 0. The zero-order valence-corrected chi connectivity index (χ0v) is 18.2. The van der Waals surface area contributed by atoms with Crippen molar-refractivity contribution >= 4 is 22.4 Å². The quantitative estimate of drug-likeness (QED) is 0.683. The highest BCUT2D eigenvalue weighted by Gasteiger charge is 2.20. The van der Waals surface area contributed by atoms with E-state index in [0.717, 1.165) is 49.5 Å². The summed E-state index contributed by atoms with van der Waals surface area (Å²) in [4.78, 5) is 17.4. The summed E-state index contributed by atoms with van der Waals surface area (Å²) in [5.41, 5.74) is 5.82. The Bertz CT molecular complexity index is 1020. The number of carbonyl (C=O) groups excluding carboxylic acids is 1. The lowest BCUT2D eigenvalue weighted by atomic mass is 10.0. The predicted octanol–water partition coefficient (Wildman–Crippen LogP) is 4.52. The summed E-state index contributed by atoms with van der Waals surface area (Å²) in [5.74, 6) is 0.0764. The number of amides is 1. The number of rotatable bonds is 5. The fourth-order valence-corrected chi connectivity index (χ4v) is 4.54. The molecule has 1 fully saturated rings. The molecule has 1 saturated heterocycles. The van der Waals surface area contributed by atoms with Crippen LogP contribution in [0.2, 0.25) is 0 Å². The van der Waals surface area contributed by atoms with Gasteiger partial charge in [-0.3, -0.25) is 14.6 Å². The first-order valence-corrected chi connectivity index (χ1v) is 10.8. The van der Waals surface area contributed by atoms with Gasteiger partial charge >= 0.3 is 0 Å². The molecule has 4 rings (SSSR count). The van der Waals surface area contributed by atoms with Crippen LogP contribution in [-0.2, 0) is 11.3 Å². The Kier molecular flexibility index (Phi) is 6.16. The molecule has 0 atom stereocenters. The number of hydrogen-bond acceptors (Lipinski definition) is 3. The van der Waals surface area contributed by atoms with Gasteiger partial charge in [0.2, 0.25) is 5.91 Å². The van der Waals surface area contributed by atoms with Crippen molar-refractivity contribution < 1.29 is 4.79 Å². The van der Waals surface area contributed by atoms with Gasteiger partial charge in [-0.05, 0) is 48.2 Å². The highest BCUT2D eigenvalue weighted by molar-refractivity contribution is 5.93. The maximum Gasteiger partial charge on any atom is 0.238 e. The first-order valence-electron chi connectivity index (χ1n) is 10.8. The van der Waals surface area contributed by atoms with Gasteiger partial charge in [0.1, 0.15) is 0 Å². The third-order valence-electron chi connectivity index (χ3n) is 6.05. The topological polar surface area (TPSA) is 35.6 Å². The molecule has 4 heteroatoms. The Morgan fingerprint density at radius 1 is 0.867 bits per heavy atom. The van der Waals surface area contributed by atoms with Gasteiger partial charge in [0.05, 0.1) is 6.54 Å². The summed E-state index contributed by atoms with van der Waals surface area (Å²) in [6, 6.07) is 19.4. The molecule has 1 amide bonds. The van der Waals surface area contributed by atoms with Crippen molar-refractivity contribution in [1.29, 1.82) is 0 Å². The Labute approximate surface area is 179 Å². The van der Waals surface area contributed by atoms with E-state index in [1.54, 1.807) is 0 Å². The monoisotopic (exact) mass is 401 g/mol. The minimum absolute atomic E-state index is 0.0764. The van der Waals surface area contributed by atoms with Crippen molar-refractivity contribution in [2.75, 3.05) is 38.0 Å². The van der Waals surface area contributed by atoms with E-state index >= 15 is 0 Å². The van der Waals surface area contributed by atoms with Crippen LogP contribution in [0.5, 0.6) is 0 Å². The lowest BCUT2D eigenvalue weighted by Crippen LogP contribution is -2.48. The van der Waals surface area contributed by atoms with Gasteiger partial charge in [-0.2, -0.15) is 0 Å². The molecule has 0 unspecified atom stereocenters. The molecule has 156 valence electrons. The summed E-state index contributed by atoms with van der Waals surface area (Å²) in [6.45, 7) is 11.4. The molecule has 0 bridgehead atoms. The van der Waals surface area contributed by atoms with Crippen LogP contribution in [0.25, 0.3) is 10.8 Å². The molecule has 0 spiro atoms. The number of nitrogens with one attached hydrogen (secondary N) is 1. The standard InChI is InChI=1S/C26H31N3O/c1-19-15-20(2)26(21(3)16-19)27-25(30)18-29-13-11-28(12-14-29)17-23-9-6-8-22-7-4-5-10-24(22)23/h4-10,15-16H,11-14,17-18H2,1-3H3,(H,27,30). The van der Waals surface area contributed by atoms with E-state index in [2.05, 4.69) is 90.5 Å². The van der Waals surface area contributed by atoms with Crippen LogP contribution in [0, 0.1) is 20.8 Å². The molecule has 3 aromatic carbocycles. The molecule has 3 aromatic rings. The number of hydrogen-bond donors (Lipinski definition) is 1. The van der Waals surface area contributed by atoms with E-state index in [4.69, 9.17) is 0 Å². The third-order valence-corrected chi connectivity index (χ3v) is 6.05. The molecule has 1 N–H and O–H groups in total. The van der Waals surface area contributed by atoms with E-state index in [1.165, 1.54) is 21.9 Å².